The maximum atomic E-state index is 11.5. The van der Waals surface area contributed by atoms with E-state index in [2.05, 4.69) is 53.5 Å². The van der Waals surface area contributed by atoms with Crippen molar-refractivity contribution in [2.24, 2.45) is 5.92 Å². The van der Waals surface area contributed by atoms with E-state index >= 15 is 0 Å². The van der Waals surface area contributed by atoms with E-state index < -0.39 is 0 Å². The summed E-state index contributed by atoms with van der Waals surface area (Å²) in [6.45, 7) is 5.16. The second-order valence-corrected chi connectivity index (χ2v) is 10.6. The van der Waals surface area contributed by atoms with Gasteiger partial charge < -0.3 is 20.3 Å². The molecule has 192 valence electrons. The van der Waals surface area contributed by atoms with Gasteiger partial charge in [-0.2, -0.15) is 0 Å². The van der Waals surface area contributed by atoms with E-state index in [-0.39, 0.29) is 17.9 Å². The van der Waals surface area contributed by atoms with Crippen LogP contribution in [0, 0.1) is 5.92 Å². The van der Waals surface area contributed by atoms with Gasteiger partial charge in [0.2, 0.25) is 0 Å². The van der Waals surface area contributed by atoms with Gasteiger partial charge >= 0.3 is 0 Å². The van der Waals surface area contributed by atoms with Crippen LogP contribution in [0.15, 0.2) is 42.5 Å². The molecule has 3 N–H and O–H groups in total. The molecular formula is C30H44N2O3. The van der Waals surface area contributed by atoms with Crippen molar-refractivity contribution in [1.82, 2.24) is 10.2 Å². The molecule has 5 heteroatoms. The van der Waals surface area contributed by atoms with Gasteiger partial charge in [0.25, 0.3) is 0 Å². The number of hydrogen-bond donors (Lipinski definition) is 3. The van der Waals surface area contributed by atoms with Crippen LogP contribution in [0.1, 0.15) is 68.6 Å². The zero-order chi connectivity index (χ0) is 24.6. The van der Waals surface area contributed by atoms with Crippen molar-refractivity contribution >= 4 is 0 Å². The van der Waals surface area contributed by atoms with E-state index in [0.717, 1.165) is 81.6 Å². The number of aliphatic hydroxyl groups is 1. The SMILES string of the molecule is CCCC(CCC(O)C1Cc2ccc(OC)c(O)c2CCCN1CC1CC1)NCc1ccccc1. The van der Waals surface area contributed by atoms with E-state index in [0.29, 0.717) is 11.8 Å². The molecule has 0 radical (unpaired) electrons. The number of phenolic OH excluding ortho intramolecular Hbond substituents is 1. The van der Waals surface area contributed by atoms with Gasteiger partial charge in [0.1, 0.15) is 0 Å². The fourth-order valence-corrected chi connectivity index (χ4v) is 5.63. The molecule has 1 heterocycles. The quantitative estimate of drug-likeness (QED) is 0.396. The molecule has 0 saturated heterocycles. The number of benzene rings is 2. The summed E-state index contributed by atoms with van der Waals surface area (Å²) in [6.07, 6.45) is 8.86. The van der Waals surface area contributed by atoms with Crippen molar-refractivity contribution in [2.75, 3.05) is 20.2 Å². The summed E-state index contributed by atoms with van der Waals surface area (Å²) in [7, 11) is 1.60. The fourth-order valence-electron chi connectivity index (χ4n) is 5.63. The summed E-state index contributed by atoms with van der Waals surface area (Å²) >= 11 is 0. The standard InChI is InChI=1S/C30H44N2O3/c1-3-8-25(31-20-22-9-5-4-6-10-22)15-16-28(33)27-19-24-14-17-29(35-2)30(34)26(24)11-7-18-32(27)21-23-12-13-23/h4-6,9-10,14,17,23,25,27-28,31,33-34H,3,7-8,11-13,15-16,18-21H2,1-2H3. The van der Waals surface area contributed by atoms with Crippen LogP contribution in [0.25, 0.3) is 0 Å². The van der Waals surface area contributed by atoms with Crippen molar-refractivity contribution in [3.05, 3.63) is 59.2 Å². The number of aliphatic hydroxyl groups excluding tert-OH is 1. The highest BCUT2D eigenvalue weighted by atomic mass is 16.5. The van der Waals surface area contributed by atoms with Crippen LogP contribution >= 0.6 is 0 Å². The van der Waals surface area contributed by atoms with Crippen LogP contribution < -0.4 is 10.1 Å². The molecule has 5 nitrogen and oxygen atoms in total. The Morgan fingerprint density at radius 2 is 1.89 bits per heavy atom. The molecule has 1 aliphatic carbocycles. The molecular weight excluding hydrogens is 436 g/mol. The Bertz CT molecular complexity index is 915. The van der Waals surface area contributed by atoms with Gasteiger partial charge in [-0.3, -0.25) is 4.90 Å². The third-order valence-electron chi connectivity index (χ3n) is 7.85. The zero-order valence-corrected chi connectivity index (χ0v) is 21.6. The lowest BCUT2D eigenvalue weighted by Gasteiger charge is -2.38. The predicted octanol–water partition coefficient (Wildman–Crippen LogP) is 5.07. The molecule has 1 saturated carbocycles. The summed E-state index contributed by atoms with van der Waals surface area (Å²) in [6, 6.07) is 15.0. The summed E-state index contributed by atoms with van der Waals surface area (Å²) in [4.78, 5) is 2.55. The van der Waals surface area contributed by atoms with Gasteiger partial charge in [0, 0.05) is 30.7 Å². The van der Waals surface area contributed by atoms with Crippen LogP contribution in [0.5, 0.6) is 11.5 Å². The first-order chi connectivity index (χ1) is 17.1. The van der Waals surface area contributed by atoms with Crippen LogP contribution in [0.2, 0.25) is 0 Å². The molecule has 35 heavy (non-hydrogen) atoms. The molecule has 3 unspecified atom stereocenters. The molecule has 3 atom stereocenters. The molecule has 4 rings (SSSR count). The van der Waals surface area contributed by atoms with Gasteiger partial charge in [-0.15, -0.1) is 0 Å². The molecule has 2 aliphatic rings. The molecule has 2 aromatic carbocycles. The van der Waals surface area contributed by atoms with Crippen LogP contribution in [0.4, 0.5) is 0 Å². The number of nitrogens with one attached hydrogen (secondary N) is 1. The number of fused-ring (bicyclic) bond motifs is 1. The Balaban J connectivity index is 1.44. The smallest absolute Gasteiger partial charge is 0.161 e. The number of aromatic hydroxyl groups is 1. The molecule has 2 aromatic rings. The van der Waals surface area contributed by atoms with Crippen molar-refractivity contribution in [3.63, 3.8) is 0 Å². The first-order valence-corrected chi connectivity index (χ1v) is 13.7. The van der Waals surface area contributed by atoms with Crippen LogP contribution in [0.3, 0.4) is 0 Å². The highest BCUT2D eigenvalue weighted by Crippen LogP contribution is 2.37. The average molecular weight is 481 g/mol. The number of rotatable bonds is 12. The summed E-state index contributed by atoms with van der Waals surface area (Å²) in [5.41, 5.74) is 3.46. The number of nitrogens with zero attached hydrogens (tertiary/aromatic N) is 1. The van der Waals surface area contributed by atoms with Gasteiger partial charge in [0.05, 0.1) is 13.2 Å². The highest BCUT2D eigenvalue weighted by Gasteiger charge is 2.33. The Hall–Kier alpha value is -2.08. The minimum atomic E-state index is -0.387. The third-order valence-corrected chi connectivity index (χ3v) is 7.85. The first-order valence-electron chi connectivity index (χ1n) is 13.7. The average Bonchev–Trinajstić information content (AvgIpc) is 3.68. The lowest BCUT2D eigenvalue weighted by atomic mass is 9.88. The van der Waals surface area contributed by atoms with Crippen molar-refractivity contribution in [3.8, 4) is 11.5 Å². The lowest BCUT2D eigenvalue weighted by Crippen LogP contribution is -2.48. The second kappa shape index (κ2) is 12.8. The molecule has 0 aromatic heterocycles. The Labute approximate surface area is 211 Å². The van der Waals surface area contributed by atoms with Gasteiger partial charge in [-0.1, -0.05) is 49.7 Å². The number of methoxy groups -OCH3 is 1. The van der Waals surface area contributed by atoms with E-state index in [4.69, 9.17) is 4.74 Å². The predicted molar refractivity (Wildman–Crippen MR) is 142 cm³/mol. The minimum Gasteiger partial charge on any atom is -0.504 e. The van der Waals surface area contributed by atoms with Crippen molar-refractivity contribution in [2.45, 2.75) is 89.4 Å². The summed E-state index contributed by atoms with van der Waals surface area (Å²) < 4.78 is 5.37. The second-order valence-electron chi connectivity index (χ2n) is 10.6. The topological polar surface area (TPSA) is 65.0 Å². The summed E-state index contributed by atoms with van der Waals surface area (Å²) in [5.74, 6) is 1.61. The molecule has 1 aliphatic heterocycles. The third kappa shape index (κ3) is 7.22. The van der Waals surface area contributed by atoms with Gasteiger partial charge in [-0.05, 0) is 81.0 Å². The molecule has 0 amide bonds. The Morgan fingerprint density at radius 3 is 2.60 bits per heavy atom. The zero-order valence-electron chi connectivity index (χ0n) is 21.6. The van der Waals surface area contributed by atoms with E-state index in [1.165, 1.54) is 18.4 Å². The minimum absolute atomic E-state index is 0.0823. The van der Waals surface area contributed by atoms with Gasteiger partial charge in [0.15, 0.2) is 11.5 Å². The van der Waals surface area contributed by atoms with E-state index in [9.17, 15) is 10.2 Å². The Morgan fingerprint density at radius 1 is 1.09 bits per heavy atom. The normalized spacial score (nSPS) is 20.5. The molecule has 0 spiro atoms. The van der Waals surface area contributed by atoms with Crippen LogP contribution in [-0.2, 0) is 19.4 Å². The molecule has 1 fully saturated rings. The number of phenols is 1. The van der Waals surface area contributed by atoms with Crippen LogP contribution in [-0.4, -0.2) is 53.5 Å². The number of hydrogen-bond acceptors (Lipinski definition) is 5. The maximum Gasteiger partial charge on any atom is 0.161 e. The largest absolute Gasteiger partial charge is 0.504 e. The monoisotopic (exact) mass is 480 g/mol. The van der Waals surface area contributed by atoms with Gasteiger partial charge in [-0.25, -0.2) is 0 Å². The summed E-state index contributed by atoms with van der Waals surface area (Å²) in [5, 5.41) is 26.0. The first kappa shape index (κ1) is 26.0. The van der Waals surface area contributed by atoms with Crippen molar-refractivity contribution < 1.29 is 14.9 Å². The highest BCUT2D eigenvalue weighted by molar-refractivity contribution is 5.50. The molecule has 0 bridgehead atoms. The Kier molecular flexibility index (Phi) is 9.47. The fraction of sp³-hybridized carbons (Fsp3) is 0.600. The lowest BCUT2D eigenvalue weighted by molar-refractivity contribution is 0.0350. The van der Waals surface area contributed by atoms with E-state index in [1.54, 1.807) is 7.11 Å². The maximum absolute atomic E-state index is 11.5. The van der Waals surface area contributed by atoms with E-state index in [1.807, 2.05) is 6.07 Å². The number of ether oxygens (including phenoxy) is 1. The van der Waals surface area contributed by atoms with Crippen molar-refractivity contribution in [1.29, 1.82) is 0 Å².